The first-order valence-electron chi connectivity index (χ1n) is 5.49. The van der Waals surface area contributed by atoms with E-state index in [1.165, 1.54) is 6.07 Å². The molecule has 1 amide bonds. The van der Waals surface area contributed by atoms with Gasteiger partial charge in [-0.15, -0.1) is 0 Å². The molecule has 0 unspecified atom stereocenters. The third-order valence-corrected chi connectivity index (χ3v) is 4.44. The van der Waals surface area contributed by atoms with Crippen LogP contribution in [0.15, 0.2) is 17.0 Å². The van der Waals surface area contributed by atoms with E-state index in [-0.39, 0.29) is 20.5 Å². The van der Waals surface area contributed by atoms with E-state index >= 15 is 0 Å². The second-order valence-corrected chi connectivity index (χ2v) is 7.16. The minimum Gasteiger partial charge on any atom is -0.352 e. The Labute approximate surface area is 126 Å². The molecule has 0 fully saturated rings. The molecule has 1 aromatic carbocycles. The van der Waals surface area contributed by atoms with E-state index in [1.54, 1.807) is 0 Å². The second-order valence-electron chi connectivity index (χ2n) is 3.81. The lowest BCUT2D eigenvalue weighted by atomic mass is 10.2. The quantitative estimate of drug-likeness (QED) is 0.657. The van der Waals surface area contributed by atoms with Crippen LogP contribution in [0.4, 0.5) is 0 Å². The number of carbonyl (C=O) groups excluding carboxylic acids is 1. The highest BCUT2D eigenvalue weighted by atomic mass is 35.7. The largest absolute Gasteiger partial charge is 0.352 e. The van der Waals surface area contributed by atoms with Gasteiger partial charge in [0.2, 0.25) is 0 Å². The summed E-state index contributed by atoms with van der Waals surface area (Å²) in [5.41, 5.74) is 0.0291. The van der Waals surface area contributed by atoms with Crippen LogP contribution >= 0.6 is 33.9 Å². The summed E-state index contributed by atoms with van der Waals surface area (Å²) in [6, 6.07) is 2.27. The van der Waals surface area contributed by atoms with E-state index in [0.717, 1.165) is 18.9 Å². The van der Waals surface area contributed by atoms with Crippen LogP contribution in [0.5, 0.6) is 0 Å². The monoisotopic (exact) mass is 343 g/mol. The number of benzene rings is 1. The highest BCUT2D eigenvalue weighted by molar-refractivity contribution is 8.13. The number of hydrogen-bond acceptors (Lipinski definition) is 3. The van der Waals surface area contributed by atoms with Gasteiger partial charge in [-0.3, -0.25) is 4.79 Å². The van der Waals surface area contributed by atoms with E-state index in [9.17, 15) is 13.2 Å². The molecular weight excluding hydrogens is 333 g/mol. The van der Waals surface area contributed by atoms with Crippen LogP contribution in [0.25, 0.3) is 0 Å². The fraction of sp³-hybridized carbons (Fsp3) is 0.364. The predicted molar refractivity (Wildman–Crippen MR) is 76.7 cm³/mol. The molecular formula is C11H12Cl3NO3S. The molecule has 0 spiro atoms. The molecule has 19 heavy (non-hydrogen) atoms. The van der Waals surface area contributed by atoms with Crippen molar-refractivity contribution in [3.8, 4) is 0 Å². The Kier molecular flexibility index (Phi) is 5.92. The van der Waals surface area contributed by atoms with Crippen LogP contribution in [0.3, 0.4) is 0 Å². The summed E-state index contributed by atoms with van der Waals surface area (Å²) in [5, 5.41) is 2.59. The molecule has 1 aromatic rings. The van der Waals surface area contributed by atoms with Crippen LogP contribution in [-0.2, 0) is 9.05 Å². The smallest absolute Gasteiger partial charge is 0.262 e. The van der Waals surface area contributed by atoms with Gasteiger partial charge in [0.15, 0.2) is 0 Å². The molecule has 0 radical (unpaired) electrons. The first-order valence-corrected chi connectivity index (χ1v) is 8.55. The van der Waals surface area contributed by atoms with Gasteiger partial charge in [-0.2, -0.15) is 0 Å². The lowest BCUT2D eigenvalue weighted by Crippen LogP contribution is -2.24. The molecule has 106 valence electrons. The second kappa shape index (κ2) is 6.79. The molecule has 0 saturated heterocycles. The fourth-order valence-corrected chi connectivity index (χ4v) is 3.19. The highest BCUT2D eigenvalue weighted by Gasteiger charge is 2.20. The molecule has 0 saturated carbocycles. The number of carbonyl (C=O) groups is 1. The number of unbranched alkanes of at least 4 members (excludes halogenated alkanes) is 1. The molecule has 0 heterocycles. The number of halogens is 3. The molecule has 1 N–H and O–H groups in total. The third-order valence-electron chi connectivity index (χ3n) is 2.34. The average Bonchev–Trinajstić information content (AvgIpc) is 2.27. The first-order chi connectivity index (χ1) is 8.77. The predicted octanol–water partition coefficient (Wildman–Crippen LogP) is 3.45. The van der Waals surface area contributed by atoms with Crippen molar-refractivity contribution in [1.29, 1.82) is 0 Å². The van der Waals surface area contributed by atoms with Crippen molar-refractivity contribution in [2.24, 2.45) is 0 Å². The summed E-state index contributed by atoms with van der Waals surface area (Å²) < 4.78 is 22.6. The summed E-state index contributed by atoms with van der Waals surface area (Å²) in [5.74, 6) is -0.461. The zero-order valence-electron chi connectivity index (χ0n) is 10.0. The normalized spacial score (nSPS) is 11.4. The summed E-state index contributed by atoms with van der Waals surface area (Å²) in [7, 11) is 1.20. The molecule has 1 rings (SSSR count). The molecule has 0 atom stereocenters. The van der Waals surface area contributed by atoms with Gasteiger partial charge in [-0.1, -0.05) is 36.5 Å². The summed E-state index contributed by atoms with van der Waals surface area (Å²) in [4.78, 5) is 11.5. The van der Waals surface area contributed by atoms with E-state index in [4.69, 9.17) is 33.9 Å². The van der Waals surface area contributed by atoms with Crippen molar-refractivity contribution in [3.63, 3.8) is 0 Å². The Bertz CT molecular complexity index is 587. The van der Waals surface area contributed by atoms with E-state index in [2.05, 4.69) is 5.32 Å². The Morgan fingerprint density at radius 3 is 2.42 bits per heavy atom. The maximum atomic E-state index is 11.9. The van der Waals surface area contributed by atoms with Gasteiger partial charge in [-0.25, -0.2) is 8.42 Å². The van der Waals surface area contributed by atoms with Crippen LogP contribution in [0, 0.1) is 0 Å². The topological polar surface area (TPSA) is 63.2 Å². The Hall–Kier alpha value is -0.490. The lowest BCUT2D eigenvalue weighted by Gasteiger charge is -2.08. The Morgan fingerprint density at radius 1 is 1.26 bits per heavy atom. The van der Waals surface area contributed by atoms with Crippen molar-refractivity contribution in [1.82, 2.24) is 5.32 Å². The Balaban J connectivity index is 3.11. The van der Waals surface area contributed by atoms with Crippen molar-refractivity contribution in [2.45, 2.75) is 24.7 Å². The molecule has 0 aromatic heterocycles. The van der Waals surface area contributed by atoms with Crippen molar-refractivity contribution in [2.75, 3.05) is 6.54 Å². The summed E-state index contributed by atoms with van der Waals surface area (Å²) >= 11 is 11.6. The number of hydrogen-bond donors (Lipinski definition) is 1. The zero-order valence-corrected chi connectivity index (χ0v) is 13.1. The SMILES string of the molecule is CCCCNC(=O)c1cc(S(=O)(=O)Cl)c(Cl)cc1Cl. The van der Waals surface area contributed by atoms with Gasteiger partial charge < -0.3 is 5.32 Å². The van der Waals surface area contributed by atoms with Gasteiger partial charge >= 0.3 is 0 Å². The van der Waals surface area contributed by atoms with Crippen LogP contribution in [-0.4, -0.2) is 20.9 Å². The summed E-state index contributed by atoms with van der Waals surface area (Å²) in [6.45, 7) is 2.47. The molecule has 8 heteroatoms. The molecule has 0 aliphatic heterocycles. The minimum absolute atomic E-state index is 0.0291. The van der Waals surface area contributed by atoms with Gasteiger partial charge in [-0.05, 0) is 18.6 Å². The minimum atomic E-state index is -4.03. The number of amides is 1. The van der Waals surface area contributed by atoms with Crippen LogP contribution < -0.4 is 5.32 Å². The molecule has 0 aliphatic carbocycles. The maximum absolute atomic E-state index is 11.9. The fourth-order valence-electron chi connectivity index (χ4n) is 1.36. The van der Waals surface area contributed by atoms with E-state index in [1.807, 2.05) is 6.92 Å². The van der Waals surface area contributed by atoms with Crippen LogP contribution in [0.2, 0.25) is 10.0 Å². The molecule has 4 nitrogen and oxygen atoms in total. The molecule has 0 aliphatic rings. The first kappa shape index (κ1) is 16.6. The van der Waals surface area contributed by atoms with Crippen molar-refractivity contribution in [3.05, 3.63) is 27.7 Å². The van der Waals surface area contributed by atoms with E-state index in [0.29, 0.717) is 6.54 Å². The van der Waals surface area contributed by atoms with Gasteiger partial charge in [0.25, 0.3) is 15.0 Å². The standard InChI is InChI=1S/C11H12Cl3NO3S/c1-2-3-4-15-11(16)7-5-10(19(14,17)18)9(13)6-8(7)12/h5-6H,2-4H2,1H3,(H,15,16). The van der Waals surface area contributed by atoms with Crippen LogP contribution in [0.1, 0.15) is 30.1 Å². The average molecular weight is 345 g/mol. The zero-order chi connectivity index (χ0) is 14.6. The maximum Gasteiger partial charge on any atom is 0.262 e. The number of nitrogens with one attached hydrogen (secondary N) is 1. The lowest BCUT2D eigenvalue weighted by molar-refractivity contribution is 0.0953. The third kappa shape index (κ3) is 4.53. The van der Waals surface area contributed by atoms with Gasteiger partial charge in [0.1, 0.15) is 4.90 Å². The Morgan fingerprint density at radius 2 is 1.89 bits per heavy atom. The van der Waals surface area contributed by atoms with Gasteiger partial charge in [0, 0.05) is 17.2 Å². The van der Waals surface area contributed by atoms with Gasteiger partial charge in [0.05, 0.1) is 15.6 Å². The molecule has 0 bridgehead atoms. The van der Waals surface area contributed by atoms with Crippen molar-refractivity contribution < 1.29 is 13.2 Å². The van der Waals surface area contributed by atoms with E-state index < -0.39 is 15.0 Å². The highest BCUT2D eigenvalue weighted by Crippen LogP contribution is 2.30. The van der Waals surface area contributed by atoms with Crippen molar-refractivity contribution >= 4 is 48.8 Å². The number of rotatable bonds is 5. The summed E-state index contributed by atoms with van der Waals surface area (Å²) in [6.07, 6.45) is 1.74.